The number of likely N-dealkylation sites (tertiary alicyclic amines) is 1. The van der Waals surface area contributed by atoms with Gasteiger partial charge in [0, 0.05) is 30.6 Å². The van der Waals surface area contributed by atoms with Crippen molar-refractivity contribution in [1.82, 2.24) is 10.2 Å². The number of hydrogen-bond acceptors (Lipinski definition) is 5. The highest BCUT2D eigenvalue weighted by atomic mass is 32.1. The summed E-state index contributed by atoms with van der Waals surface area (Å²) < 4.78 is 0. The smallest absolute Gasteiger partial charge is 0.316 e. The van der Waals surface area contributed by atoms with Crippen LogP contribution >= 0.6 is 11.3 Å². The van der Waals surface area contributed by atoms with E-state index in [-0.39, 0.29) is 9.92 Å². The average molecular weight is 281 g/mol. The van der Waals surface area contributed by atoms with E-state index in [2.05, 4.69) is 17.1 Å². The molecule has 6 heteroatoms. The van der Waals surface area contributed by atoms with Gasteiger partial charge in [-0.05, 0) is 36.9 Å². The molecule has 2 aliphatic rings. The van der Waals surface area contributed by atoms with Gasteiger partial charge in [-0.25, -0.2) is 0 Å². The molecular formula is C13H19N3O2S. The predicted molar refractivity (Wildman–Crippen MR) is 75.3 cm³/mol. The molecule has 19 heavy (non-hydrogen) atoms. The Morgan fingerprint density at radius 3 is 3.11 bits per heavy atom. The summed E-state index contributed by atoms with van der Waals surface area (Å²) in [4.78, 5) is 12.9. The molecule has 3 rings (SSSR count). The summed E-state index contributed by atoms with van der Waals surface area (Å²) in [5.74, 6) is 1.53. The molecule has 0 saturated carbocycles. The number of nitrogens with one attached hydrogen (secondary N) is 1. The number of fused-ring (bicyclic) bond motifs is 1. The third kappa shape index (κ3) is 2.40. The molecule has 1 aromatic heterocycles. The fourth-order valence-corrected chi connectivity index (χ4v) is 4.35. The number of rotatable bonds is 4. The first-order valence-electron chi connectivity index (χ1n) is 6.85. The van der Waals surface area contributed by atoms with Gasteiger partial charge >= 0.3 is 5.00 Å². The Morgan fingerprint density at radius 2 is 2.42 bits per heavy atom. The molecule has 5 nitrogen and oxygen atoms in total. The molecule has 1 aromatic rings. The summed E-state index contributed by atoms with van der Waals surface area (Å²) in [6, 6.07) is 2.35. The highest BCUT2D eigenvalue weighted by molar-refractivity contribution is 7.13. The minimum absolute atomic E-state index is 0.254. The average Bonchev–Trinajstić information content (AvgIpc) is 3.04. The van der Waals surface area contributed by atoms with Crippen molar-refractivity contribution in [3.8, 4) is 0 Å². The molecule has 2 fully saturated rings. The van der Waals surface area contributed by atoms with Crippen LogP contribution in [0.5, 0.6) is 0 Å². The van der Waals surface area contributed by atoms with Crippen molar-refractivity contribution in [2.24, 2.45) is 11.8 Å². The van der Waals surface area contributed by atoms with Crippen LogP contribution in [0.1, 0.15) is 18.9 Å². The lowest BCUT2D eigenvalue weighted by Gasteiger charge is -2.26. The maximum Gasteiger partial charge on any atom is 0.324 e. The highest BCUT2D eigenvalue weighted by Crippen LogP contribution is 2.36. The lowest BCUT2D eigenvalue weighted by Crippen LogP contribution is -2.34. The van der Waals surface area contributed by atoms with Gasteiger partial charge in [0.25, 0.3) is 0 Å². The molecular weight excluding hydrogens is 262 g/mol. The first-order valence-corrected chi connectivity index (χ1v) is 7.73. The molecule has 0 aliphatic carbocycles. The van der Waals surface area contributed by atoms with Gasteiger partial charge in [0.2, 0.25) is 0 Å². The van der Waals surface area contributed by atoms with E-state index in [4.69, 9.17) is 0 Å². The zero-order chi connectivity index (χ0) is 13.4. The summed E-state index contributed by atoms with van der Waals surface area (Å²) in [6.07, 6.45) is 1.16. The van der Waals surface area contributed by atoms with E-state index in [1.165, 1.54) is 11.3 Å². The Bertz CT molecular complexity index is 476. The molecule has 2 aliphatic heterocycles. The Hall–Kier alpha value is -0.980. The second kappa shape index (κ2) is 5.19. The van der Waals surface area contributed by atoms with Gasteiger partial charge in [0.05, 0.1) is 4.92 Å². The number of hydrogen-bond donors (Lipinski definition) is 1. The van der Waals surface area contributed by atoms with Crippen molar-refractivity contribution in [2.75, 3.05) is 19.6 Å². The number of nitrogens with zero attached hydrogens (tertiary/aromatic N) is 2. The van der Waals surface area contributed by atoms with Crippen molar-refractivity contribution in [3.05, 3.63) is 27.1 Å². The molecule has 3 atom stereocenters. The minimum Gasteiger partial charge on any atom is -0.316 e. The van der Waals surface area contributed by atoms with E-state index >= 15 is 0 Å². The Kier molecular flexibility index (Phi) is 3.56. The topological polar surface area (TPSA) is 58.4 Å². The van der Waals surface area contributed by atoms with Gasteiger partial charge in [0.1, 0.15) is 0 Å². The van der Waals surface area contributed by atoms with Gasteiger partial charge < -0.3 is 5.32 Å². The van der Waals surface area contributed by atoms with Crippen LogP contribution in [-0.4, -0.2) is 35.5 Å². The van der Waals surface area contributed by atoms with Crippen molar-refractivity contribution in [3.63, 3.8) is 0 Å². The SMILES string of the molecule is CCC1C2CNCC2CN1Cc1csc([N+](=O)[O-])c1. The van der Waals surface area contributed by atoms with E-state index in [0.29, 0.717) is 6.04 Å². The zero-order valence-corrected chi connectivity index (χ0v) is 11.9. The van der Waals surface area contributed by atoms with Crippen LogP contribution in [-0.2, 0) is 6.54 Å². The zero-order valence-electron chi connectivity index (χ0n) is 11.0. The molecule has 0 bridgehead atoms. The Labute approximate surface area is 116 Å². The molecule has 0 spiro atoms. The molecule has 2 saturated heterocycles. The van der Waals surface area contributed by atoms with Crippen molar-refractivity contribution >= 4 is 16.3 Å². The van der Waals surface area contributed by atoms with Gasteiger partial charge in [0.15, 0.2) is 0 Å². The van der Waals surface area contributed by atoms with Crippen LogP contribution in [0.3, 0.4) is 0 Å². The first-order chi connectivity index (χ1) is 9.19. The Balaban J connectivity index is 1.70. The van der Waals surface area contributed by atoms with E-state index in [1.54, 1.807) is 6.07 Å². The summed E-state index contributed by atoms with van der Waals surface area (Å²) >= 11 is 1.23. The van der Waals surface area contributed by atoms with E-state index in [9.17, 15) is 10.1 Å². The summed E-state index contributed by atoms with van der Waals surface area (Å²) in [6.45, 7) is 6.48. The molecule has 3 unspecified atom stereocenters. The van der Waals surface area contributed by atoms with Gasteiger partial charge in [-0.2, -0.15) is 0 Å². The minimum atomic E-state index is -0.298. The summed E-state index contributed by atoms with van der Waals surface area (Å²) in [7, 11) is 0. The second-order valence-electron chi connectivity index (χ2n) is 5.54. The standard InChI is InChI=1S/C13H19N3O2S/c1-2-12-11-5-14-4-10(11)7-15(12)6-9-3-13(16(17)18)19-8-9/h3,8,10-12,14H,2,4-7H2,1H3. The molecule has 0 amide bonds. The van der Waals surface area contributed by atoms with Gasteiger partial charge in [-0.15, -0.1) is 0 Å². The van der Waals surface area contributed by atoms with Crippen molar-refractivity contribution in [1.29, 1.82) is 0 Å². The predicted octanol–water partition coefficient (Wildman–Crippen LogP) is 2.09. The summed E-state index contributed by atoms with van der Waals surface area (Å²) in [5.41, 5.74) is 1.09. The monoisotopic (exact) mass is 281 g/mol. The van der Waals surface area contributed by atoms with Crippen LogP contribution in [0.2, 0.25) is 0 Å². The highest BCUT2D eigenvalue weighted by Gasteiger charge is 2.42. The Morgan fingerprint density at radius 1 is 1.58 bits per heavy atom. The maximum atomic E-state index is 10.7. The maximum absolute atomic E-state index is 10.7. The van der Waals surface area contributed by atoms with Crippen molar-refractivity contribution < 1.29 is 4.92 Å². The third-order valence-corrected chi connectivity index (χ3v) is 5.38. The van der Waals surface area contributed by atoms with E-state index in [0.717, 1.165) is 50.0 Å². The molecule has 104 valence electrons. The van der Waals surface area contributed by atoms with Gasteiger partial charge in [-0.1, -0.05) is 18.3 Å². The molecule has 3 heterocycles. The number of nitro groups is 1. The van der Waals surface area contributed by atoms with Crippen LogP contribution in [0, 0.1) is 22.0 Å². The van der Waals surface area contributed by atoms with Crippen molar-refractivity contribution in [2.45, 2.75) is 25.9 Å². The fraction of sp³-hybridized carbons (Fsp3) is 0.692. The largest absolute Gasteiger partial charge is 0.324 e. The molecule has 0 aromatic carbocycles. The molecule has 1 N–H and O–H groups in total. The lowest BCUT2D eigenvalue weighted by atomic mass is 9.93. The van der Waals surface area contributed by atoms with Crippen LogP contribution in [0.15, 0.2) is 11.4 Å². The van der Waals surface area contributed by atoms with E-state index in [1.807, 2.05) is 5.38 Å². The van der Waals surface area contributed by atoms with E-state index < -0.39 is 0 Å². The normalized spacial score (nSPS) is 30.7. The number of thiophene rings is 1. The van der Waals surface area contributed by atoms with Crippen LogP contribution < -0.4 is 5.32 Å². The molecule has 0 radical (unpaired) electrons. The quantitative estimate of drug-likeness (QED) is 0.678. The first kappa shape index (κ1) is 13.0. The third-order valence-electron chi connectivity index (χ3n) is 4.45. The van der Waals surface area contributed by atoms with Crippen LogP contribution in [0.25, 0.3) is 0 Å². The van der Waals surface area contributed by atoms with Crippen LogP contribution in [0.4, 0.5) is 5.00 Å². The second-order valence-corrected chi connectivity index (χ2v) is 6.43. The summed E-state index contributed by atoms with van der Waals surface area (Å²) in [5, 5.41) is 16.4. The lowest BCUT2D eigenvalue weighted by molar-refractivity contribution is -0.380. The fourth-order valence-electron chi connectivity index (χ4n) is 3.63. The van der Waals surface area contributed by atoms with Gasteiger partial charge in [-0.3, -0.25) is 15.0 Å².